The average molecular weight is 1460 g/mol. The zero-order valence-electron chi connectivity index (χ0n) is 64.4. The highest BCUT2D eigenvalue weighted by molar-refractivity contribution is 6.25. The molecule has 0 radical (unpaired) electrons. The molecule has 21 aromatic carbocycles. The van der Waals surface area contributed by atoms with Crippen molar-refractivity contribution >= 4 is 119 Å². The van der Waals surface area contributed by atoms with Gasteiger partial charge in [-0.2, -0.15) is 0 Å². The summed E-state index contributed by atoms with van der Waals surface area (Å²) in [5, 5.41) is 25.2. The number of hydrogen-bond donors (Lipinski definition) is 0. The molecule has 0 bridgehead atoms. The normalized spacial score (nSPS) is 13.2. The molecule has 24 rings (SSSR count). The van der Waals surface area contributed by atoms with Gasteiger partial charge in [0.15, 0.2) is 0 Å². The van der Waals surface area contributed by atoms with Crippen LogP contribution in [-0.2, 0) is 10.8 Å². The molecule has 2 aliphatic rings. The molecule has 1 heteroatoms. The monoisotopic (exact) mass is 1460 g/mol. The zero-order chi connectivity index (χ0) is 76.4. The van der Waals surface area contributed by atoms with E-state index in [2.05, 4.69) is 416 Å². The maximum Gasteiger partial charge on any atom is 0.135 e. The number of furan rings is 1. The quantitative estimate of drug-likeness (QED) is 0.114. The van der Waals surface area contributed by atoms with Gasteiger partial charge in [0.25, 0.3) is 0 Å². The van der Waals surface area contributed by atoms with Crippen molar-refractivity contribution in [1.29, 1.82) is 0 Å². The summed E-state index contributed by atoms with van der Waals surface area (Å²) in [5.41, 5.74) is 30.0. The summed E-state index contributed by atoms with van der Waals surface area (Å²) in [7, 11) is 0. The molecule has 0 spiro atoms. The third kappa shape index (κ3) is 10.3. The molecule has 0 amide bonds. The van der Waals surface area contributed by atoms with Gasteiger partial charge >= 0.3 is 0 Å². The topological polar surface area (TPSA) is 13.1 Å². The highest BCUT2D eigenvalue weighted by Crippen LogP contribution is 2.56. The van der Waals surface area contributed by atoms with Gasteiger partial charge in [-0.1, -0.05) is 367 Å². The summed E-state index contributed by atoms with van der Waals surface area (Å²) >= 11 is 0. The standard InChI is InChI=1S/C61H40O.C53H36/c1-61(2)54-29-26-39(35-53(54)60-46-19-6-4-14-38(46)25-30-55(60)61)40-27-31-56-51(34-40)52-36-43(28-32-57(52)62-56)59-49-22-9-7-20-47(49)58(48-21-8-10-23-50(48)59)42-17-11-16-41(33-42)45-24-12-15-37-13-3-5-18-44(37)45;1-53(2)48-29-27-37(32-47(48)52-42-14-6-4-12-35(42)26-30-49(52)53)33-19-22-36(23-20-33)50-43-15-7-9-17-45(43)51(46-18-10-8-16-44(46)50)39-25-28-41-38(31-39)24-21-34-11-3-5-13-40(34)41/h3-36H,1-2H3;3-32H,1-2H3. The molecule has 1 nitrogen and oxygen atoms in total. The first kappa shape index (κ1) is 66.5. The molecule has 1 aromatic heterocycles. The van der Waals surface area contributed by atoms with Crippen molar-refractivity contribution in [3.8, 4) is 100 Å². The van der Waals surface area contributed by atoms with Crippen LogP contribution < -0.4 is 0 Å². The number of fused-ring (bicyclic) bond motifs is 21. The van der Waals surface area contributed by atoms with Crippen molar-refractivity contribution < 1.29 is 4.42 Å². The van der Waals surface area contributed by atoms with E-state index in [1.807, 2.05) is 0 Å². The number of benzene rings is 21. The van der Waals surface area contributed by atoms with Crippen molar-refractivity contribution in [2.45, 2.75) is 38.5 Å². The Morgan fingerprint density at radius 2 is 0.470 bits per heavy atom. The van der Waals surface area contributed by atoms with Crippen molar-refractivity contribution in [1.82, 2.24) is 0 Å². The van der Waals surface area contributed by atoms with Crippen LogP contribution in [0.5, 0.6) is 0 Å². The number of hydrogen-bond acceptors (Lipinski definition) is 1. The Morgan fingerprint density at radius 3 is 0.991 bits per heavy atom. The largest absolute Gasteiger partial charge is 0.456 e. The van der Waals surface area contributed by atoms with Crippen LogP contribution in [0.25, 0.3) is 219 Å². The van der Waals surface area contributed by atoms with E-state index in [1.165, 1.54) is 219 Å². The van der Waals surface area contributed by atoms with Crippen LogP contribution in [0.3, 0.4) is 0 Å². The lowest BCUT2D eigenvalue weighted by atomic mass is 9.82. The average Bonchev–Trinajstić information content (AvgIpc) is 1.62. The van der Waals surface area contributed by atoms with Gasteiger partial charge in [0.1, 0.15) is 11.2 Å². The summed E-state index contributed by atoms with van der Waals surface area (Å²) in [6, 6.07) is 144. The van der Waals surface area contributed by atoms with Gasteiger partial charge in [0.2, 0.25) is 0 Å². The van der Waals surface area contributed by atoms with Crippen LogP contribution in [0.15, 0.2) is 393 Å². The first-order chi connectivity index (χ1) is 56.5. The van der Waals surface area contributed by atoms with Crippen molar-refractivity contribution in [2.75, 3.05) is 0 Å². The molecule has 0 saturated carbocycles. The second kappa shape index (κ2) is 25.7. The van der Waals surface area contributed by atoms with Gasteiger partial charge in [-0.3, -0.25) is 0 Å². The first-order valence-corrected chi connectivity index (χ1v) is 40.3. The minimum absolute atomic E-state index is 0.0351. The highest BCUT2D eigenvalue weighted by Gasteiger charge is 2.38. The smallest absolute Gasteiger partial charge is 0.135 e. The molecule has 0 aliphatic heterocycles. The molecule has 0 atom stereocenters. The van der Waals surface area contributed by atoms with Crippen molar-refractivity contribution in [2.24, 2.45) is 0 Å². The molecular weight excluding hydrogens is 1390 g/mol. The van der Waals surface area contributed by atoms with Crippen LogP contribution in [0, 0.1) is 0 Å². The molecule has 115 heavy (non-hydrogen) atoms. The Balaban J connectivity index is 0.000000138. The lowest BCUT2D eigenvalue weighted by Gasteiger charge is -2.21. The summed E-state index contributed by atoms with van der Waals surface area (Å²) in [6.45, 7) is 9.45. The van der Waals surface area contributed by atoms with E-state index in [9.17, 15) is 0 Å². The van der Waals surface area contributed by atoms with Crippen molar-refractivity contribution in [3.63, 3.8) is 0 Å². The Labute approximate surface area is 667 Å². The Kier molecular flexibility index (Phi) is 14.8. The fourth-order valence-electron chi connectivity index (χ4n) is 20.3. The van der Waals surface area contributed by atoms with E-state index in [1.54, 1.807) is 0 Å². The fraction of sp³-hybridized carbons (Fsp3) is 0.0526. The SMILES string of the molecule is CC1(C)c2ccc(-c3ccc(-c4c5ccccc5c(-c5ccc6c(ccc7ccccc76)c5)c5ccccc45)cc3)cc2-c2c1ccc1ccccc21.CC1(C)c2ccc(-c3ccc4oc5ccc(-c6c7ccccc7c(-c7cccc(-c8cccc9ccccc89)c7)c7ccccc67)cc5c4c3)cc2-c2c1ccc1ccccc21. The molecule has 538 valence electrons. The first-order valence-electron chi connectivity index (χ1n) is 40.3. The van der Waals surface area contributed by atoms with E-state index in [0.29, 0.717) is 0 Å². The molecule has 0 saturated heterocycles. The van der Waals surface area contributed by atoms with Gasteiger partial charge in [-0.25, -0.2) is 0 Å². The molecule has 0 N–H and O–H groups in total. The van der Waals surface area contributed by atoms with Gasteiger partial charge in [0.05, 0.1) is 0 Å². The Morgan fingerprint density at radius 1 is 0.157 bits per heavy atom. The van der Waals surface area contributed by atoms with Gasteiger partial charge < -0.3 is 4.42 Å². The van der Waals surface area contributed by atoms with Crippen LogP contribution in [0.2, 0.25) is 0 Å². The van der Waals surface area contributed by atoms with E-state index in [-0.39, 0.29) is 10.8 Å². The summed E-state index contributed by atoms with van der Waals surface area (Å²) in [4.78, 5) is 0. The van der Waals surface area contributed by atoms with E-state index in [0.717, 1.165) is 21.9 Å². The number of rotatable bonds is 7. The van der Waals surface area contributed by atoms with Crippen LogP contribution >= 0.6 is 0 Å². The van der Waals surface area contributed by atoms with Crippen LogP contribution in [0.1, 0.15) is 49.9 Å². The highest BCUT2D eigenvalue weighted by atomic mass is 16.3. The lowest BCUT2D eigenvalue weighted by molar-refractivity contribution is 0.661. The lowest BCUT2D eigenvalue weighted by Crippen LogP contribution is -2.14. The van der Waals surface area contributed by atoms with Gasteiger partial charge in [0, 0.05) is 21.6 Å². The summed E-state index contributed by atoms with van der Waals surface area (Å²) < 4.78 is 6.56. The third-order valence-corrected chi connectivity index (χ3v) is 25.9. The molecular formula is C114H76O. The van der Waals surface area contributed by atoms with Crippen LogP contribution in [0.4, 0.5) is 0 Å². The predicted octanol–water partition coefficient (Wildman–Crippen LogP) is 31.9. The molecule has 2 aliphatic carbocycles. The maximum absolute atomic E-state index is 6.56. The second-order valence-corrected chi connectivity index (χ2v) is 32.8. The fourth-order valence-corrected chi connectivity index (χ4v) is 20.3. The molecule has 22 aromatic rings. The third-order valence-electron chi connectivity index (χ3n) is 25.9. The maximum atomic E-state index is 6.56. The van der Waals surface area contributed by atoms with E-state index < -0.39 is 0 Å². The minimum Gasteiger partial charge on any atom is -0.456 e. The van der Waals surface area contributed by atoms with Gasteiger partial charge in [-0.15, -0.1) is 0 Å². The summed E-state index contributed by atoms with van der Waals surface area (Å²) in [6.07, 6.45) is 0. The zero-order valence-corrected chi connectivity index (χ0v) is 64.4. The molecule has 0 unspecified atom stereocenters. The van der Waals surface area contributed by atoms with Crippen LogP contribution in [-0.4, -0.2) is 0 Å². The predicted molar refractivity (Wildman–Crippen MR) is 491 cm³/mol. The van der Waals surface area contributed by atoms with E-state index in [4.69, 9.17) is 4.42 Å². The Bertz CT molecular complexity index is 7770. The van der Waals surface area contributed by atoms with E-state index >= 15 is 0 Å². The Hall–Kier alpha value is -14.2. The second-order valence-electron chi connectivity index (χ2n) is 32.8. The molecule has 0 fully saturated rings. The van der Waals surface area contributed by atoms with Gasteiger partial charge in [-0.05, 0) is 268 Å². The van der Waals surface area contributed by atoms with Crippen molar-refractivity contribution in [3.05, 3.63) is 411 Å². The summed E-state index contributed by atoms with van der Waals surface area (Å²) in [5.74, 6) is 0. The minimum atomic E-state index is -0.0670. The molecule has 1 heterocycles.